The van der Waals surface area contributed by atoms with Gasteiger partial charge in [-0.05, 0) is 39.0 Å². The van der Waals surface area contributed by atoms with Crippen LogP contribution < -0.4 is 0 Å². The predicted octanol–water partition coefficient (Wildman–Crippen LogP) is 3.72. The van der Waals surface area contributed by atoms with E-state index in [-0.39, 0.29) is 5.41 Å². The van der Waals surface area contributed by atoms with E-state index in [0.29, 0.717) is 13.2 Å². The molecule has 0 saturated carbocycles. The fourth-order valence-electron chi connectivity index (χ4n) is 2.82. The molecular weight excluding hydrogens is 216 g/mol. The van der Waals surface area contributed by atoms with Crippen molar-refractivity contribution in [2.45, 2.75) is 65.8 Å². The lowest BCUT2D eigenvalue weighted by atomic mass is 9.74. The Balaban J connectivity index is 2.93. The van der Waals surface area contributed by atoms with Crippen LogP contribution in [0.5, 0.6) is 0 Å². The van der Waals surface area contributed by atoms with E-state index in [2.05, 4.69) is 20.8 Å². The first-order chi connectivity index (χ1) is 8.20. The second-order valence-corrected chi connectivity index (χ2v) is 4.78. The molecule has 3 heteroatoms. The summed E-state index contributed by atoms with van der Waals surface area (Å²) in [6.07, 6.45) is 5.29. The molecule has 0 aromatic heterocycles. The molecule has 3 nitrogen and oxygen atoms in total. The molecule has 102 valence electrons. The van der Waals surface area contributed by atoms with E-state index in [9.17, 15) is 0 Å². The maximum Gasteiger partial charge on any atom is 0.288 e. The first-order valence-electron chi connectivity index (χ1n) is 7.12. The molecule has 1 unspecified atom stereocenters. The largest absolute Gasteiger partial charge is 0.327 e. The van der Waals surface area contributed by atoms with Crippen molar-refractivity contribution in [2.75, 3.05) is 19.8 Å². The topological polar surface area (TPSA) is 27.7 Å². The van der Waals surface area contributed by atoms with E-state index in [4.69, 9.17) is 14.2 Å². The Bertz CT molecular complexity index is 210. The molecular formula is C14H28O3. The van der Waals surface area contributed by atoms with Crippen molar-refractivity contribution in [3.05, 3.63) is 0 Å². The molecule has 1 rings (SSSR count). The van der Waals surface area contributed by atoms with Gasteiger partial charge in [0.25, 0.3) is 5.97 Å². The van der Waals surface area contributed by atoms with E-state index < -0.39 is 5.97 Å². The number of hydrogen-bond donors (Lipinski definition) is 0. The summed E-state index contributed by atoms with van der Waals surface area (Å²) in [5.41, 5.74) is 0.0103. The zero-order valence-electron chi connectivity index (χ0n) is 11.9. The highest BCUT2D eigenvalue weighted by Crippen LogP contribution is 2.49. The predicted molar refractivity (Wildman–Crippen MR) is 68.8 cm³/mol. The molecule has 1 aliphatic rings. The Morgan fingerprint density at radius 2 is 1.76 bits per heavy atom. The summed E-state index contributed by atoms with van der Waals surface area (Å²) in [7, 11) is 0. The smallest absolute Gasteiger partial charge is 0.288 e. The van der Waals surface area contributed by atoms with Gasteiger partial charge in [-0.1, -0.05) is 20.8 Å². The maximum atomic E-state index is 6.01. The zero-order valence-corrected chi connectivity index (χ0v) is 11.9. The van der Waals surface area contributed by atoms with Crippen molar-refractivity contribution < 1.29 is 14.2 Å². The van der Waals surface area contributed by atoms with Crippen LogP contribution >= 0.6 is 0 Å². The van der Waals surface area contributed by atoms with Crippen molar-refractivity contribution in [3.63, 3.8) is 0 Å². The van der Waals surface area contributed by atoms with E-state index in [1.807, 2.05) is 6.92 Å². The van der Waals surface area contributed by atoms with Crippen LogP contribution in [0.3, 0.4) is 0 Å². The molecule has 1 atom stereocenters. The third-order valence-electron chi connectivity index (χ3n) is 3.93. The standard InChI is InChI=1S/C14H28O3/c1-5-11-16-14(15-8-4)13(6-2,7-3)10-9-12-17-14/h5-12H2,1-4H3. The van der Waals surface area contributed by atoms with Crippen LogP contribution in [0.25, 0.3) is 0 Å². The Morgan fingerprint density at radius 1 is 1.06 bits per heavy atom. The Kier molecular flexibility index (Phi) is 5.90. The van der Waals surface area contributed by atoms with Crippen LogP contribution in [0, 0.1) is 5.41 Å². The fraction of sp³-hybridized carbons (Fsp3) is 1.00. The average molecular weight is 244 g/mol. The summed E-state index contributed by atoms with van der Waals surface area (Å²) in [5.74, 6) is -0.806. The third-order valence-corrected chi connectivity index (χ3v) is 3.93. The highest BCUT2D eigenvalue weighted by atomic mass is 16.9. The van der Waals surface area contributed by atoms with E-state index in [0.717, 1.165) is 38.7 Å². The second kappa shape index (κ2) is 6.72. The molecule has 1 heterocycles. The molecule has 0 N–H and O–H groups in total. The van der Waals surface area contributed by atoms with Crippen LogP contribution in [0.2, 0.25) is 0 Å². The quantitative estimate of drug-likeness (QED) is 0.639. The highest BCUT2D eigenvalue weighted by molar-refractivity contribution is 4.89. The van der Waals surface area contributed by atoms with E-state index in [1.165, 1.54) is 0 Å². The van der Waals surface area contributed by atoms with Gasteiger partial charge in [0.15, 0.2) is 0 Å². The molecule has 0 spiro atoms. The van der Waals surface area contributed by atoms with Gasteiger partial charge in [0, 0.05) is 6.61 Å². The minimum atomic E-state index is -0.806. The molecule has 0 amide bonds. The lowest BCUT2D eigenvalue weighted by molar-refractivity contribution is -0.444. The SMILES string of the molecule is CCCOC1(OCC)OCCCC1(CC)CC. The lowest BCUT2D eigenvalue weighted by Gasteiger charge is -2.51. The summed E-state index contributed by atoms with van der Waals surface area (Å²) in [4.78, 5) is 0. The molecule has 17 heavy (non-hydrogen) atoms. The van der Waals surface area contributed by atoms with Crippen molar-refractivity contribution in [1.82, 2.24) is 0 Å². The summed E-state index contributed by atoms with van der Waals surface area (Å²) >= 11 is 0. The maximum absolute atomic E-state index is 6.01. The van der Waals surface area contributed by atoms with Crippen molar-refractivity contribution in [3.8, 4) is 0 Å². The number of ether oxygens (including phenoxy) is 3. The van der Waals surface area contributed by atoms with Crippen LogP contribution in [-0.2, 0) is 14.2 Å². The first kappa shape index (κ1) is 14.9. The van der Waals surface area contributed by atoms with E-state index in [1.54, 1.807) is 0 Å². The molecule has 1 fully saturated rings. The molecule has 0 bridgehead atoms. The van der Waals surface area contributed by atoms with Gasteiger partial charge in [-0.15, -0.1) is 0 Å². The van der Waals surface area contributed by atoms with Gasteiger partial charge in [-0.25, -0.2) is 0 Å². The summed E-state index contributed by atoms with van der Waals surface area (Å²) in [6, 6.07) is 0. The Hall–Kier alpha value is -0.120. The van der Waals surface area contributed by atoms with Gasteiger partial charge >= 0.3 is 0 Å². The first-order valence-corrected chi connectivity index (χ1v) is 7.12. The summed E-state index contributed by atoms with van der Waals surface area (Å²) in [5, 5.41) is 0. The van der Waals surface area contributed by atoms with Gasteiger partial charge < -0.3 is 14.2 Å². The number of hydrogen-bond acceptors (Lipinski definition) is 3. The monoisotopic (exact) mass is 244 g/mol. The van der Waals surface area contributed by atoms with Crippen molar-refractivity contribution in [2.24, 2.45) is 5.41 Å². The number of rotatable bonds is 7. The molecule has 0 aromatic carbocycles. The molecule has 0 aliphatic carbocycles. The van der Waals surface area contributed by atoms with Gasteiger partial charge in [-0.3, -0.25) is 0 Å². The van der Waals surface area contributed by atoms with Crippen LogP contribution in [0.15, 0.2) is 0 Å². The molecule has 1 saturated heterocycles. The van der Waals surface area contributed by atoms with Crippen molar-refractivity contribution in [1.29, 1.82) is 0 Å². The average Bonchev–Trinajstić information content (AvgIpc) is 2.37. The normalized spacial score (nSPS) is 28.2. The van der Waals surface area contributed by atoms with E-state index >= 15 is 0 Å². The van der Waals surface area contributed by atoms with Gasteiger partial charge in [0.2, 0.25) is 0 Å². The second-order valence-electron chi connectivity index (χ2n) is 4.78. The molecule has 0 aromatic rings. The van der Waals surface area contributed by atoms with Crippen LogP contribution in [0.1, 0.15) is 59.8 Å². The molecule has 0 radical (unpaired) electrons. The summed E-state index contributed by atoms with van der Waals surface area (Å²) in [6.45, 7) is 10.6. The van der Waals surface area contributed by atoms with Crippen LogP contribution in [0.4, 0.5) is 0 Å². The van der Waals surface area contributed by atoms with Gasteiger partial charge in [0.05, 0.1) is 18.6 Å². The Labute approximate surface area is 106 Å². The lowest BCUT2D eigenvalue weighted by Crippen LogP contribution is -2.57. The highest BCUT2D eigenvalue weighted by Gasteiger charge is 2.54. The third kappa shape index (κ3) is 2.83. The molecule has 1 aliphatic heterocycles. The minimum Gasteiger partial charge on any atom is -0.327 e. The van der Waals surface area contributed by atoms with Gasteiger partial charge in [-0.2, -0.15) is 0 Å². The zero-order chi connectivity index (χ0) is 12.8. The van der Waals surface area contributed by atoms with Crippen molar-refractivity contribution >= 4 is 0 Å². The Morgan fingerprint density at radius 3 is 2.29 bits per heavy atom. The minimum absolute atomic E-state index is 0.0103. The summed E-state index contributed by atoms with van der Waals surface area (Å²) < 4.78 is 17.9. The fourth-order valence-corrected chi connectivity index (χ4v) is 2.82. The van der Waals surface area contributed by atoms with Crippen LogP contribution in [-0.4, -0.2) is 25.8 Å². The van der Waals surface area contributed by atoms with Gasteiger partial charge in [0.1, 0.15) is 0 Å².